The Bertz CT molecular complexity index is 1650. The van der Waals surface area contributed by atoms with Gasteiger partial charge in [0.2, 0.25) is 0 Å². The van der Waals surface area contributed by atoms with Crippen LogP contribution in [0.2, 0.25) is 0 Å². The molecule has 0 N–H and O–H groups in total. The molecule has 190 valence electrons. The number of hydrogen-bond acceptors (Lipinski definition) is 6. The summed E-state index contributed by atoms with van der Waals surface area (Å²) >= 11 is 5.72. The van der Waals surface area contributed by atoms with E-state index in [1.54, 1.807) is 39.5 Å². The number of rotatable bonds is 4. The van der Waals surface area contributed by atoms with Crippen LogP contribution in [0.25, 0.3) is 11.1 Å². The predicted octanol–water partition coefficient (Wildman–Crippen LogP) is 7.00. The van der Waals surface area contributed by atoms with Gasteiger partial charge in [-0.1, -0.05) is 93.6 Å². The van der Waals surface area contributed by atoms with Gasteiger partial charge in [-0.3, -0.25) is 24.2 Å². The monoisotopic (exact) mass is 556 g/mol. The fraction of sp³-hybridized carbons (Fsp3) is 0.200. The van der Waals surface area contributed by atoms with Crippen molar-refractivity contribution in [2.24, 2.45) is 0 Å². The number of carbonyl (C=O) groups is 3. The second kappa shape index (κ2) is 9.08. The third kappa shape index (κ3) is 3.62. The van der Waals surface area contributed by atoms with Crippen LogP contribution in [0, 0.1) is 10.7 Å². The summed E-state index contributed by atoms with van der Waals surface area (Å²) < 4.78 is 0.804. The Morgan fingerprint density at radius 1 is 0.868 bits per heavy atom. The van der Waals surface area contributed by atoms with E-state index >= 15 is 0 Å². The summed E-state index contributed by atoms with van der Waals surface area (Å²) in [6.07, 6.45) is 0.213. The van der Waals surface area contributed by atoms with Crippen molar-refractivity contribution < 1.29 is 14.4 Å². The standard InChI is InChI=1S/C30H24N2O3S3/c1-17-10-9-15-21-23-25(37-38-29(23)36)30(2,3)32(24(17)21)28(35)22(16-18-11-5-4-6-12-18)31-26(33)19-13-7-8-14-20(19)27(31)34/h4-15,22H,16H2,1-3H3/t22-/m1/s1. The lowest BCUT2D eigenvalue weighted by Crippen LogP contribution is -2.57. The van der Waals surface area contributed by atoms with Crippen LogP contribution in [-0.4, -0.2) is 28.7 Å². The minimum atomic E-state index is -1.02. The van der Waals surface area contributed by atoms with Gasteiger partial charge in [0.05, 0.1) is 27.2 Å². The first-order valence-electron chi connectivity index (χ1n) is 12.3. The van der Waals surface area contributed by atoms with Gasteiger partial charge in [-0.05, 0) is 44.0 Å². The molecular formula is C30H24N2O3S3. The summed E-state index contributed by atoms with van der Waals surface area (Å²) in [7, 11) is 3.12. The van der Waals surface area contributed by atoms with Crippen LogP contribution in [0.4, 0.5) is 5.69 Å². The molecule has 0 aliphatic carbocycles. The van der Waals surface area contributed by atoms with Gasteiger partial charge in [-0.25, -0.2) is 0 Å². The molecule has 8 heteroatoms. The van der Waals surface area contributed by atoms with Gasteiger partial charge in [-0.2, -0.15) is 0 Å². The molecule has 0 bridgehead atoms. The second-order valence-electron chi connectivity index (χ2n) is 10.1. The number of imide groups is 1. The lowest BCUT2D eigenvalue weighted by Gasteiger charge is -2.45. The number of fused-ring (bicyclic) bond motifs is 4. The van der Waals surface area contributed by atoms with Crippen molar-refractivity contribution >= 4 is 56.3 Å². The summed E-state index contributed by atoms with van der Waals surface area (Å²) in [4.78, 5) is 46.1. The zero-order chi connectivity index (χ0) is 26.8. The van der Waals surface area contributed by atoms with E-state index in [2.05, 4.69) is 0 Å². The molecule has 1 aromatic heterocycles. The van der Waals surface area contributed by atoms with Gasteiger partial charge in [0.1, 0.15) is 9.87 Å². The highest BCUT2D eigenvalue weighted by atomic mass is 32.9. The average Bonchev–Trinajstić information content (AvgIpc) is 3.42. The van der Waals surface area contributed by atoms with E-state index in [0.717, 1.165) is 36.6 Å². The molecule has 0 fully saturated rings. The van der Waals surface area contributed by atoms with E-state index < -0.39 is 23.4 Å². The molecule has 38 heavy (non-hydrogen) atoms. The topological polar surface area (TPSA) is 57.7 Å². The summed E-state index contributed by atoms with van der Waals surface area (Å²) in [6.45, 7) is 6.01. The predicted molar refractivity (Wildman–Crippen MR) is 155 cm³/mol. The zero-order valence-corrected chi connectivity index (χ0v) is 23.5. The number of amides is 3. The van der Waals surface area contributed by atoms with Gasteiger partial charge in [0.25, 0.3) is 17.7 Å². The maximum absolute atomic E-state index is 14.8. The smallest absolute Gasteiger partial charge is 0.262 e. The lowest BCUT2D eigenvalue weighted by atomic mass is 9.85. The van der Waals surface area contributed by atoms with Crippen LogP contribution in [0.1, 0.15) is 50.6 Å². The first-order valence-corrected chi connectivity index (χ1v) is 14.9. The normalized spacial score (nSPS) is 16.2. The van der Waals surface area contributed by atoms with E-state index in [9.17, 15) is 14.4 Å². The summed E-state index contributed by atoms with van der Waals surface area (Å²) in [5.74, 6) is -1.17. The van der Waals surface area contributed by atoms with Crippen LogP contribution in [0.5, 0.6) is 0 Å². The van der Waals surface area contributed by atoms with Crippen LogP contribution in [0.3, 0.4) is 0 Å². The molecule has 2 aliphatic heterocycles. The molecule has 3 amide bonds. The molecule has 0 saturated carbocycles. The highest BCUT2D eigenvalue weighted by Gasteiger charge is 2.49. The number of anilines is 1. The van der Waals surface area contributed by atoms with Crippen LogP contribution < -0.4 is 4.90 Å². The average molecular weight is 557 g/mol. The third-order valence-electron chi connectivity index (χ3n) is 7.39. The third-order valence-corrected chi connectivity index (χ3v) is 10.7. The summed E-state index contributed by atoms with van der Waals surface area (Å²) in [5.41, 5.74) is 4.42. The first-order chi connectivity index (χ1) is 18.2. The van der Waals surface area contributed by atoms with E-state index in [4.69, 9.17) is 12.2 Å². The molecule has 0 spiro atoms. The molecule has 0 radical (unpaired) electrons. The van der Waals surface area contributed by atoms with Crippen molar-refractivity contribution in [1.82, 2.24) is 4.90 Å². The molecular weight excluding hydrogens is 533 g/mol. The van der Waals surface area contributed by atoms with Crippen molar-refractivity contribution in [2.75, 3.05) is 4.90 Å². The Kier molecular flexibility index (Phi) is 5.94. The van der Waals surface area contributed by atoms with Gasteiger partial charge in [0.15, 0.2) is 0 Å². The van der Waals surface area contributed by atoms with Crippen molar-refractivity contribution in [3.05, 3.63) is 104 Å². The van der Waals surface area contributed by atoms with Crippen molar-refractivity contribution in [3.8, 4) is 11.1 Å². The highest BCUT2D eigenvalue weighted by Crippen LogP contribution is 2.53. The maximum Gasteiger partial charge on any atom is 0.262 e. The highest BCUT2D eigenvalue weighted by molar-refractivity contribution is 7.80. The summed E-state index contributed by atoms with van der Waals surface area (Å²) in [5, 5.41) is 0. The van der Waals surface area contributed by atoms with Crippen molar-refractivity contribution in [2.45, 2.75) is 38.8 Å². The number of carbonyl (C=O) groups excluding carboxylic acids is 3. The van der Waals surface area contributed by atoms with E-state index in [0.29, 0.717) is 11.1 Å². The maximum atomic E-state index is 14.8. The van der Waals surface area contributed by atoms with Crippen LogP contribution >= 0.6 is 32.9 Å². The van der Waals surface area contributed by atoms with E-state index in [-0.39, 0.29) is 12.3 Å². The largest absolute Gasteiger partial charge is 0.299 e. The Hall–Kier alpha value is -3.46. The molecule has 1 atom stereocenters. The minimum absolute atomic E-state index is 0.213. The second-order valence-corrected chi connectivity index (χ2v) is 12.9. The Morgan fingerprint density at radius 3 is 2.13 bits per heavy atom. The van der Waals surface area contributed by atoms with Crippen LogP contribution in [-0.2, 0) is 16.8 Å². The number of aryl methyl sites for hydroxylation is 1. The van der Waals surface area contributed by atoms with Gasteiger partial charge in [0, 0.05) is 17.5 Å². The zero-order valence-electron chi connectivity index (χ0n) is 21.1. The van der Waals surface area contributed by atoms with E-state index in [1.807, 2.05) is 69.3 Å². The first kappa shape index (κ1) is 24.9. The molecule has 4 aromatic rings. The minimum Gasteiger partial charge on any atom is -0.299 e. The molecule has 3 aromatic carbocycles. The SMILES string of the molecule is Cc1cccc2c1N(C(=O)[C@@H](Cc1ccccc1)N1C(=O)c3ccccc3C1=O)C(C)(C)c1ssc(=S)c1-2. The number of para-hydroxylation sites is 1. The number of nitrogens with zero attached hydrogens (tertiary/aromatic N) is 2. The molecule has 3 heterocycles. The van der Waals surface area contributed by atoms with Gasteiger partial charge < -0.3 is 0 Å². The number of hydrogen-bond donors (Lipinski definition) is 0. The summed E-state index contributed by atoms with van der Waals surface area (Å²) in [6, 6.07) is 21.2. The Morgan fingerprint density at radius 2 is 1.47 bits per heavy atom. The Labute approximate surface area is 233 Å². The number of benzene rings is 3. The Balaban J connectivity index is 1.53. The molecule has 0 saturated heterocycles. The van der Waals surface area contributed by atoms with Crippen molar-refractivity contribution in [3.63, 3.8) is 0 Å². The molecule has 6 rings (SSSR count). The fourth-order valence-electron chi connectivity index (χ4n) is 5.59. The van der Waals surface area contributed by atoms with Gasteiger partial charge in [-0.15, -0.1) is 0 Å². The quantitative estimate of drug-likeness (QED) is 0.154. The van der Waals surface area contributed by atoms with Crippen LogP contribution in [0.15, 0.2) is 72.8 Å². The van der Waals surface area contributed by atoms with Gasteiger partial charge >= 0.3 is 0 Å². The molecule has 0 unspecified atom stereocenters. The lowest BCUT2D eigenvalue weighted by molar-refractivity contribution is -0.123. The fourth-order valence-corrected chi connectivity index (χ4v) is 8.87. The van der Waals surface area contributed by atoms with E-state index in [1.165, 1.54) is 15.2 Å². The van der Waals surface area contributed by atoms with Crippen molar-refractivity contribution in [1.29, 1.82) is 0 Å². The molecule has 2 aliphatic rings. The molecule has 5 nitrogen and oxygen atoms in total.